The lowest BCUT2D eigenvalue weighted by molar-refractivity contribution is -0.154. The summed E-state index contributed by atoms with van der Waals surface area (Å²) in [6.07, 6.45) is 6.89. The van der Waals surface area contributed by atoms with Crippen LogP contribution in [0.3, 0.4) is 0 Å². The molecule has 0 bridgehead atoms. The molecule has 0 spiro atoms. The zero-order valence-electron chi connectivity index (χ0n) is 20.6. The Morgan fingerprint density at radius 2 is 1.60 bits per heavy atom. The van der Waals surface area contributed by atoms with E-state index >= 15 is 0 Å². The van der Waals surface area contributed by atoms with Crippen LogP contribution in [-0.4, -0.2) is 59.1 Å². The molecule has 3 heterocycles. The smallest absolute Gasteiger partial charge is 0.269 e. The molecule has 6 nitrogen and oxygen atoms in total. The quantitative estimate of drug-likeness (QED) is 0.634. The molecular formula is C29H35N3O3. The van der Waals surface area contributed by atoms with Gasteiger partial charge in [0.25, 0.3) is 11.8 Å². The van der Waals surface area contributed by atoms with Crippen LogP contribution in [0.1, 0.15) is 66.9 Å². The van der Waals surface area contributed by atoms with E-state index in [0.29, 0.717) is 17.9 Å². The average Bonchev–Trinajstić information content (AvgIpc) is 3.33. The van der Waals surface area contributed by atoms with Crippen LogP contribution in [0.5, 0.6) is 0 Å². The van der Waals surface area contributed by atoms with Gasteiger partial charge in [0.05, 0.1) is 5.71 Å². The van der Waals surface area contributed by atoms with Crippen molar-refractivity contribution < 1.29 is 14.4 Å². The predicted octanol–water partition coefficient (Wildman–Crippen LogP) is 4.68. The van der Waals surface area contributed by atoms with Crippen LogP contribution >= 0.6 is 0 Å². The first-order valence-electron chi connectivity index (χ1n) is 13.0. The van der Waals surface area contributed by atoms with Gasteiger partial charge in [0.1, 0.15) is 0 Å². The molecule has 0 N–H and O–H groups in total. The van der Waals surface area contributed by atoms with Gasteiger partial charge in [-0.25, -0.2) is 0 Å². The number of piperidine rings is 2. The van der Waals surface area contributed by atoms with Crippen molar-refractivity contribution in [2.45, 2.75) is 57.5 Å². The van der Waals surface area contributed by atoms with Gasteiger partial charge in [0, 0.05) is 38.2 Å². The number of rotatable bonds is 5. The zero-order chi connectivity index (χ0) is 24.3. The number of benzene rings is 2. The van der Waals surface area contributed by atoms with Gasteiger partial charge >= 0.3 is 0 Å². The predicted molar refractivity (Wildman–Crippen MR) is 136 cm³/mol. The maximum atomic E-state index is 13.1. The van der Waals surface area contributed by atoms with Crippen LogP contribution < -0.4 is 0 Å². The number of hydrogen-bond donors (Lipinski definition) is 0. The number of oxime groups is 1. The number of likely N-dealkylation sites (tertiary alicyclic amines) is 2. The Labute approximate surface area is 207 Å². The summed E-state index contributed by atoms with van der Waals surface area (Å²) in [6.45, 7) is 5.03. The van der Waals surface area contributed by atoms with Crippen molar-refractivity contribution >= 4 is 17.5 Å². The van der Waals surface area contributed by atoms with Crippen molar-refractivity contribution in [3.8, 4) is 0 Å². The number of amides is 2. The van der Waals surface area contributed by atoms with E-state index in [1.807, 2.05) is 41.0 Å². The fourth-order valence-corrected chi connectivity index (χ4v) is 5.52. The maximum Gasteiger partial charge on any atom is 0.269 e. The highest BCUT2D eigenvalue weighted by molar-refractivity contribution is 6.06. The topological polar surface area (TPSA) is 62.2 Å². The molecule has 0 radical (unpaired) electrons. The lowest BCUT2D eigenvalue weighted by atomic mass is 9.90. The van der Waals surface area contributed by atoms with Gasteiger partial charge in [-0.3, -0.25) is 9.59 Å². The van der Waals surface area contributed by atoms with Crippen molar-refractivity contribution in [1.29, 1.82) is 0 Å². The van der Waals surface area contributed by atoms with E-state index in [1.165, 1.54) is 12.0 Å². The molecule has 1 unspecified atom stereocenters. The van der Waals surface area contributed by atoms with Crippen LogP contribution in [-0.2, 0) is 16.1 Å². The number of carbonyl (C=O) groups excluding carboxylic acids is 2. The van der Waals surface area contributed by atoms with Crippen molar-refractivity contribution in [2.24, 2.45) is 11.1 Å². The Bertz CT molecular complexity index is 1070. The minimum absolute atomic E-state index is 0.0263. The van der Waals surface area contributed by atoms with Gasteiger partial charge in [0.2, 0.25) is 5.60 Å². The third-order valence-corrected chi connectivity index (χ3v) is 7.69. The van der Waals surface area contributed by atoms with Crippen LogP contribution in [0.25, 0.3) is 0 Å². The molecule has 0 aliphatic carbocycles. The van der Waals surface area contributed by atoms with E-state index in [2.05, 4.69) is 35.5 Å². The molecule has 2 amide bonds. The largest absolute Gasteiger partial charge is 0.379 e. The second kappa shape index (κ2) is 10.2. The Balaban J connectivity index is 1.15. The summed E-state index contributed by atoms with van der Waals surface area (Å²) in [4.78, 5) is 35.7. The molecule has 2 aromatic carbocycles. The summed E-state index contributed by atoms with van der Waals surface area (Å²) in [5, 5.41) is 4.26. The molecule has 5 rings (SSSR count). The second-order valence-electron chi connectivity index (χ2n) is 10.4. The molecule has 1 atom stereocenters. The molecule has 3 aliphatic rings. The molecular weight excluding hydrogens is 438 g/mol. The fourth-order valence-electron chi connectivity index (χ4n) is 5.52. The Kier molecular flexibility index (Phi) is 6.89. The number of hydrogen-bond acceptors (Lipinski definition) is 4. The highest BCUT2D eigenvalue weighted by atomic mass is 16.7. The molecule has 0 aromatic heterocycles. The monoisotopic (exact) mass is 473 g/mol. The van der Waals surface area contributed by atoms with E-state index < -0.39 is 5.60 Å². The molecule has 2 aromatic rings. The minimum atomic E-state index is -0.939. The van der Waals surface area contributed by atoms with Gasteiger partial charge in [-0.05, 0) is 74.6 Å². The van der Waals surface area contributed by atoms with Gasteiger partial charge < -0.3 is 14.6 Å². The number of carbonyl (C=O) groups is 2. The lowest BCUT2D eigenvalue weighted by Gasteiger charge is -2.32. The zero-order valence-corrected chi connectivity index (χ0v) is 20.6. The third kappa shape index (κ3) is 5.26. The van der Waals surface area contributed by atoms with Crippen molar-refractivity contribution in [3.63, 3.8) is 0 Å². The summed E-state index contributed by atoms with van der Waals surface area (Å²) in [6, 6.07) is 18.2. The molecule has 184 valence electrons. The van der Waals surface area contributed by atoms with Gasteiger partial charge in [-0.1, -0.05) is 47.6 Å². The normalized spacial score (nSPS) is 23.1. The summed E-state index contributed by atoms with van der Waals surface area (Å²) in [7, 11) is 0. The summed E-state index contributed by atoms with van der Waals surface area (Å²) < 4.78 is 0. The van der Waals surface area contributed by atoms with Crippen molar-refractivity contribution in [2.75, 3.05) is 26.2 Å². The molecule has 0 saturated carbocycles. The second-order valence-corrected chi connectivity index (χ2v) is 10.4. The summed E-state index contributed by atoms with van der Waals surface area (Å²) in [5.74, 6) is 0.744. The molecule has 3 aliphatic heterocycles. The highest BCUT2D eigenvalue weighted by Crippen LogP contribution is 2.30. The van der Waals surface area contributed by atoms with Crippen LogP contribution in [0, 0.1) is 5.92 Å². The Morgan fingerprint density at radius 3 is 2.29 bits per heavy atom. The summed E-state index contributed by atoms with van der Waals surface area (Å²) in [5.41, 5.74) is 2.80. The van der Waals surface area contributed by atoms with Crippen molar-refractivity contribution in [3.05, 3.63) is 71.3 Å². The van der Waals surface area contributed by atoms with E-state index in [9.17, 15) is 9.59 Å². The van der Waals surface area contributed by atoms with Crippen molar-refractivity contribution in [1.82, 2.24) is 9.80 Å². The standard InChI is InChI=1S/C29H35N3O3/c1-29(28(34)32-16-6-3-7-17-32)21-26(30-35-29)24-10-12-25(13-11-24)27(33)31-18-14-23(15-19-31)20-22-8-4-2-5-9-22/h2,4-5,8-13,23H,3,6-7,14-21H2,1H3. The average molecular weight is 474 g/mol. The van der Waals surface area contributed by atoms with Gasteiger partial charge in [-0.15, -0.1) is 0 Å². The van der Waals surface area contributed by atoms with Crippen LogP contribution in [0.2, 0.25) is 0 Å². The van der Waals surface area contributed by atoms with Gasteiger partial charge in [-0.2, -0.15) is 0 Å². The van der Waals surface area contributed by atoms with E-state index in [0.717, 1.165) is 69.6 Å². The first kappa shape index (κ1) is 23.6. The van der Waals surface area contributed by atoms with Crippen LogP contribution in [0.15, 0.2) is 59.8 Å². The molecule has 6 heteroatoms. The highest BCUT2D eigenvalue weighted by Gasteiger charge is 2.44. The van der Waals surface area contributed by atoms with Gasteiger partial charge in [0.15, 0.2) is 0 Å². The first-order valence-corrected chi connectivity index (χ1v) is 13.0. The Hall–Kier alpha value is -3.15. The lowest BCUT2D eigenvalue weighted by Crippen LogP contribution is -2.49. The summed E-state index contributed by atoms with van der Waals surface area (Å²) >= 11 is 0. The minimum Gasteiger partial charge on any atom is -0.379 e. The van der Waals surface area contributed by atoms with E-state index in [-0.39, 0.29) is 11.8 Å². The van der Waals surface area contributed by atoms with Crippen LogP contribution in [0.4, 0.5) is 0 Å². The fraction of sp³-hybridized carbons (Fsp3) is 0.483. The van der Waals surface area contributed by atoms with E-state index in [4.69, 9.17) is 4.84 Å². The molecule has 2 fully saturated rings. The molecule has 2 saturated heterocycles. The number of nitrogens with zero attached hydrogens (tertiary/aromatic N) is 3. The Morgan fingerprint density at radius 1 is 0.914 bits per heavy atom. The molecule has 35 heavy (non-hydrogen) atoms. The maximum absolute atomic E-state index is 13.1. The first-order chi connectivity index (χ1) is 17.0. The van der Waals surface area contributed by atoms with E-state index in [1.54, 1.807) is 0 Å². The SMILES string of the molecule is CC1(C(=O)N2CCCCC2)CC(c2ccc(C(=O)N3CCC(Cc4ccccc4)CC3)cc2)=NO1. The third-order valence-electron chi connectivity index (χ3n) is 7.69.